The molecular formula is C17H16N4O5. The molecule has 0 radical (unpaired) electrons. The number of nitrogens with zero attached hydrogens (tertiary/aromatic N) is 4. The number of carboxylic acid groups (broad SMARTS) is 1. The van der Waals surface area contributed by atoms with Crippen molar-refractivity contribution in [1.82, 2.24) is 9.88 Å². The summed E-state index contributed by atoms with van der Waals surface area (Å²) in [6.07, 6.45) is -0.419. The van der Waals surface area contributed by atoms with Crippen LogP contribution in [0.2, 0.25) is 0 Å². The van der Waals surface area contributed by atoms with Crippen LogP contribution in [0.25, 0.3) is 0 Å². The first kappa shape index (κ1) is 17.3. The monoisotopic (exact) mass is 356 g/mol. The molecule has 0 atom stereocenters. The van der Waals surface area contributed by atoms with Gasteiger partial charge in [-0.2, -0.15) is 10.2 Å². The molecule has 0 spiro atoms. The second kappa shape index (κ2) is 7.57. The zero-order valence-corrected chi connectivity index (χ0v) is 13.8. The molecule has 0 aliphatic carbocycles. The van der Waals surface area contributed by atoms with Crippen LogP contribution >= 0.6 is 0 Å². The lowest BCUT2D eigenvalue weighted by atomic mass is 10.2. The van der Waals surface area contributed by atoms with Gasteiger partial charge in [-0.25, -0.2) is 9.59 Å². The molecule has 1 N–H and O–H groups in total. The molecule has 0 saturated carbocycles. The molecule has 9 nitrogen and oxygen atoms in total. The lowest BCUT2D eigenvalue weighted by molar-refractivity contribution is 0.0654. The number of amides is 1. The number of rotatable bonds is 4. The van der Waals surface area contributed by atoms with Crippen molar-refractivity contribution in [2.75, 3.05) is 31.1 Å². The van der Waals surface area contributed by atoms with Crippen LogP contribution in [0.15, 0.2) is 34.7 Å². The summed E-state index contributed by atoms with van der Waals surface area (Å²) in [7, 11) is 0. The van der Waals surface area contributed by atoms with E-state index in [0.29, 0.717) is 26.2 Å². The topological polar surface area (TPSA) is 120 Å². The van der Waals surface area contributed by atoms with Gasteiger partial charge < -0.3 is 24.1 Å². The summed E-state index contributed by atoms with van der Waals surface area (Å²) in [5.41, 5.74) is 0.823. The lowest BCUT2D eigenvalue weighted by Gasteiger charge is -2.33. The SMILES string of the molecule is N#Cc1nc(C(=O)O)oc1N1CCN(C(=O)OCc2ccccc2)CC1. The Labute approximate surface area is 149 Å². The number of hydrogen-bond donors (Lipinski definition) is 1. The van der Waals surface area contributed by atoms with Crippen molar-refractivity contribution in [3.8, 4) is 6.07 Å². The van der Waals surface area contributed by atoms with Crippen molar-refractivity contribution >= 4 is 17.9 Å². The van der Waals surface area contributed by atoms with E-state index in [1.54, 1.807) is 9.80 Å². The van der Waals surface area contributed by atoms with Crippen LogP contribution in [0.3, 0.4) is 0 Å². The Bertz CT molecular complexity index is 835. The molecule has 0 bridgehead atoms. The van der Waals surface area contributed by atoms with E-state index < -0.39 is 18.0 Å². The molecule has 1 aromatic heterocycles. The molecule has 26 heavy (non-hydrogen) atoms. The van der Waals surface area contributed by atoms with E-state index in [9.17, 15) is 9.59 Å². The van der Waals surface area contributed by atoms with E-state index in [-0.39, 0.29) is 18.2 Å². The molecule has 2 heterocycles. The highest BCUT2D eigenvalue weighted by atomic mass is 16.6. The van der Waals surface area contributed by atoms with Crippen molar-refractivity contribution in [3.63, 3.8) is 0 Å². The van der Waals surface area contributed by atoms with Crippen LogP contribution in [0.5, 0.6) is 0 Å². The van der Waals surface area contributed by atoms with E-state index in [0.717, 1.165) is 5.56 Å². The number of carboxylic acids is 1. The summed E-state index contributed by atoms with van der Waals surface area (Å²) in [5.74, 6) is -1.75. The van der Waals surface area contributed by atoms with Gasteiger partial charge in [-0.3, -0.25) is 0 Å². The van der Waals surface area contributed by atoms with Gasteiger partial charge in [-0.1, -0.05) is 30.3 Å². The summed E-state index contributed by atoms with van der Waals surface area (Å²) in [6.45, 7) is 1.68. The predicted molar refractivity (Wildman–Crippen MR) is 88.6 cm³/mol. The third-order valence-electron chi connectivity index (χ3n) is 3.93. The molecule has 1 saturated heterocycles. The quantitative estimate of drug-likeness (QED) is 0.879. The summed E-state index contributed by atoms with van der Waals surface area (Å²) < 4.78 is 10.5. The number of nitriles is 1. The second-order valence-corrected chi connectivity index (χ2v) is 5.60. The highest BCUT2D eigenvalue weighted by Gasteiger charge is 2.28. The van der Waals surface area contributed by atoms with E-state index in [1.807, 2.05) is 36.4 Å². The van der Waals surface area contributed by atoms with E-state index in [4.69, 9.17) is 19.5 Å². The van der Waals surface area contributed by atoms with Gasteiger partial charge in [-0.05, 0) is 5.56 Å². The molecule has 2 aromatic rings. The number of ether oxygens (including phenoxy) is 1. The zero-order valence-electron chi connectivity index (χ0n) is 13.8. The fraction of sp³-hybridized carbons (Fsp3) is 0.294. The molecule has 134 valence electrons. The molecule has 1 amide bonds. The van der Waals surface area contributed by atoms with Crippen molar-refractivity contribution in [2.24, 2.45) is 0 Å². The highest BCUT2D eigenvalue weighted by molar-refractivity contribution is 5.83. The standard InChI is InChI=1S/C17H16N4O5/c18-10-13-15(26-14(19-13)16(22)23)20-6-8-21(9-7-20)17(24)25-11-12-4-2-1-3-5-12/h1-5H,6-9,11H2,(H,22,23). The van der Waals surface area contributed by atoms with Crippen molar-refractivity contribution < 1.29 is 23.8 Å². The lowest BCUT2D eigenvalue weighted by Crippen LogP contribution is -2.49. The van der Waals surface area contributed by atoms with Gasteiger partial charge in [0.1, 0.15) is 12.7 Å². The summed E-state index contributed by atoms with van der Waals surface area (Å²) in [4.78, 5) is 30.0. The van der Waals surface area contributed by atoms with Crippen LogP contribution in [-0.2, 0) is 11.3 Å². The Morgan fingerprint density at radius 1 is 1.23 bits per heavy atom. The Kier molecular flexibility index (Phi) is 5.03. The second-order valence-electron chi connectivity index (χ2n) is 5.60. The zero-order chi connectivity index (χ0) is 18.5. The van der Waals surface area contributed by atoms with Crippen molar-refractivity contribution in [3.05, 3.63) is 47.5 Å². The maximum Gasteiger partial charge on any atom is 0.410 e. The number of benzene rings is 1. The van der Waals surface area contributed by atoms with Gasteiger partial charge in [0, 0.05) is 26.2 Å². The van der Waals surface area contributed by atoms with E-state index in [2.05, 4.69) is 4.98 Å². The van der Waals surface area contributed by atoms with Gasteiger partial charge in [0.2, 0.25) is 11.6 Å². The Morgan fingerprint density at radius 3 is 2.54 bits per heavy atom. The summed E-state index contributed by atoms with van der Waals surface area (Å²) >= 11 is 0. The van der Waals surface area contributed by atoms with Crippen LogP contribution in [-0.4, -0.2) is 53.2 Å². The Hall–Kier alpha value is -3.54. The van der Waals surface area contributed by atoms with Crippen LogP contribution in [0, 0.1) is 11.3 Å². The molecule has 1 aromatic carbocycles. The van der Waals surface area contributed by atoms with Crippen molar-refractivity contribution in [2.45, 2.75) is 6.61 Å². The van der Waals surface area contributed by atoms with Crippen LogP contribution in [0.1, 0.15) is 21.9 Å². The minimum atomic E-state index is -1.34. The smallest absolute Gasteiger partial charge is 0.410 e. The number of oxazole rings is 1. The molecule has 3 rings (SSSR count). The maximum absolute atomic E-state index is 12.2. The Morgan fingerprint density at radius 2 is 1.92 bits per heavy atom. The van der Waals surface area contributed by atoms with Gasteiger partial charge in [0.25, 0.3) is 0 Å². The van der Waals surface area contributed by atoms with Gasteiger partial charge in [0.05, 0.1) is 0 Å². The van der Waals surface area contributed by atoms with E-state index >= 15 is 0 Å². The number of carbonyl (C=O) groups is 2. The average Bonchev–Trinajstić information content (AvgIpc) is 3.12. The molecular weight excluding hydrogens is 340 g/mol. The first-order valence-corrected chi connectivity index (χ1v) is 7.93. The third kappa shape index (κ3) is 3.75. The van der Waals surface area contributed by atoms with E-state index in [1.165, 1.54) is 0 Å². The van der Waals surface area contributed by atoms with Crippen LogP contribution < -0.4 is 4.90 Å². The van der Waals surface area contributed by atoms with Gasteiger partial charge in [0.15, 0.2) is 0 Å². The maximum atomic E-state index is 12.2. The van der Waals surface area contributed by atoms with Gasteiger partial charge in [-0.15, -0.1) is 0 Å². The summed E-state index contributed by atoms with van der Waals surface area (Å²) in [5, 5.41) is 18.0. The van der Waals surface area contributed by atoms with Crippen LogP contribution in [0.4, 0.5) is 10.7 Å². The number of carbonyl (C=O) groups excluding carboxylic acids is 1. The molecule has 1 fully saturated rings. The van der Waals surface area contributed by atoms with Crippen molar-refractivity contribution in [1.29, 1.82) is 5.26 Å². The predicted octanol–water partition coefficient (Wildman–Crippen LogP) is 1.70. The number of piperazine rings is 1. The molecule has 1 aliphatic rings. The number of anilines is 1. The fourth-order valence-electron chi connectivity index (χ4n) is 2.59. The number of aromatic carboxylic acids is 1. The average molecular weight is 356 g/mol. The number of hydrogen-bond acceptors (Lipinski definition) is 7. The number of aromatic nitrogens is 1. The first-order valence-electron chi connectivity index (χ1n) is 7.93. The molecule has 0 unspecified atom stereocenters. The highest BCUT2D eigenvalue weighted by Crippen LogP contribution is 2.23. The fourth-order valence-corrected chi connectivity index (χ4v) is 2.59. The first-order chi connectivity index (χ1) is 12.6. The molecule has 9 heteroatoms. The summed E-state index contributed by atoms with van der Waals surface area (Å²) in [6, 6.07) is 11.2. The largest absolute Gasteiger partial charge is 0.474 e. The third-order valence-corrected chi connectivity index (χ3v) is 3.93. The normalized spacial score (nSPS) is 14.0. The van der Waals surface area contributed by atoms with Gasteiger partial charge >= 0.3 is 18.0 Å². The minimum Gasteiger partial charge on any atom is -0.474 e. The Balaban J connectivity index is 1.56. The minimum absolute atomic E-state index is 0.0810. The molecule has 1 aliphatic heterocycles.